The number of rotatable bonds is 5. The molecule has 0 fully saturated rings. The second-order valence-electron chi connectivity index (χ2n) is 4.09. The summed E-state index contributed by atoms with van der Waals surface area (Å²) in [5.41, 5.74) is 3.73. The first-order chi connectivity index (χ1) is 7.13. The third kappa shape index (κ3) is 4.16. The molecule has 0 aromatic carbocycles. The molecule has 3 nitrogen and oxygen atoms in total. The molecule has 0 saturated carbocycles. The minimum atomic E-state index is 0.115. The predicted molar refractivity (Wildman–Crippen MR) is 63.4 cm³/mol. The average Bonchev–Trinajstić information content (AvgIpc) is 2.21. The van der Waals surface area contributed by atoms with Crippen LogP contribution in [0.25, 0.3) is 0 Å². The van der Waals surface area contributed by atoms with Crippen molar-refractivity contribution < 1.29 is 0 Å². The molecule has 1 atom stereocenters. The second kappa shape index (κ2) is 6.05. The molecule has 84 valence electrons. The van der Waals surface area contributed by atoms with E-state index in [4.69, 9.17) is 17.4 Å². The third-order valence-corrected chi connectivity index (χ3v) is 2.56. The van der Waals surface area contributed by atoms with E-state index >= 15 is 0 Å². The standard InChI is InChI=1S/C11H18ClN3/c1-8(2)3-5-11(15-13)10-6-4-9(12)7-14-10/h4,6-8,11,15H,3,5,13H2,1-2H3. The molecule has 4 heteroatoms. The van der Waals surface area contributed by atoms with Gasteiger partial charge in [-0.05, 0) is 30.9 Å². The summed E-state index contributed by atoms with van der Waals surface area (Å²) in [5.74, 6) is 6.18. The fourth-order valence-corrected chi connectivity index (χ4v) is 1.52. The Bertz CT molecular complexity index is 284. The Morgan fingerprint density at radius 1 is 1.40 bits per heavy atom. The van der Waals surface area contributed by atoms with Gasteiger partial charge >= 0.3 is 0 Å². The molecule has 0 saturated heterocycles. The van der Waals surface area contributed by atoms with Crippen LogP contribution in [0, 0.1) is 5.92 Å². The van der Waals surface area contributed by atoms with Crippen molar-refractivity contribution in [3.8, 4) is 0 Å². The largest absolute Gasteiger partial charge is 0.271 e. The van der Waals surface area contributed by atoms with E-state index in [0.29, 0.717) is 10.9 Å². The van der Waals surface area contributed by atoms with Crippen molar-refractivity contribution in [2.45, 2.75) is 32.7 Å². The Morgan fingerprint density at radius 3 is 2.60 bits per heavy atom. The summed E-state index contributed by atoms with van der Waals surface area (Å²) >= 11 is 5.77. The summed E-state index contributed by atoms with van der Waals surface area (Å²) in [7, 11) is 0. The Labute approximate surface area is 96.0 Å². The number of halogens is 1. The summed E-state index contributed by atoms with van der Waals surface area (Å²) in [6, 6.07) is 3.86. The summed E-state index contributed by atoms with van der Waals surface area (Å²) in [5, 5.41) is 0.651. The van der Waals surface area contributed by atoms with Gasteiger partial charge in [0, 0.05) is 6.20 Å². The van der Waals surface area contributed by atoms with Gasteiger partial charge in [0.2, 0.25) is 0 Å². The van der Waals surface area contributed by atoms with Crippen LogP contribution in [0.1, 0.15) is 38.4 Å². The Morgan fingerprint density at radius 2 is 2.13 bits per heavy atom. The van der Waals surface area contributed by atoms with Gasteiger partial charge < -0.3 is 0 Å². The van der Waals surface area contributed by atoms with Crippen LogP contribution in [0.4, 0.5) is 0 Å². The summed E-state index contributed by atoms with van der Waals surface area (Å²) in [4.78, 5) is 4.25. The molecule has 1 rings (SSSR count). The molecule has 0 aliphatic rings. The number of aromatic nitrogens is 1. The molecule has 1 heterocycles. The van der Waals surface area contributed by atoms with Crippen molar-refractivity contribution in [1.82, 2.24) is 10.4 Å². The van der Waals surface area contributed by atoms with Crippen LogP contribution in [0.5, 0.6) is 0 Å². The normalized spacial score (nSPS) is 13.1. The smallest absolute Gasteiger partial charge is 0.0632 e. The lowest BCUT2D eigenvalue weighted by Gasteiger charge is -2.16. The number of hydrazine groups is 1. The van der Waals surface area contributed by atoms with E-state index in [1.165, 1.54) is 0 Å². The first kappa shape index (κ1) is 12.4. The highest BCUT2D eigenvalue weighted by Crippen LogP contribution is 2.19. The fraction of sp³-hybridized carbons (Fsp3) is 0.545. The number of hydrogen-bond acceptors (Lipinski definition) is 3. The van der Waals surface area contributed by atoms with Gasteiger partial charge in [-0.15, -0.1) is 0 Å². The zero-order chi connectivity index (χ0) is 11.3. The number of pyridine rings is 1. The maximum atomic E-state index is 5.77. The molecule has 0 aliphatic carbocycles. The molecule has 3 N–H and O–H groups in total. The molecule has 0 bridgehead atoms. The van der Waals surface area contributed by atoms with E-state index in [1.54, 1.807) is 6.20 Å². The lowest BCUT2D eigenvalue weighted by atomic mass is 10.0. The van der Waals surface area contributed by atoms with E-state index in [-0.39, 0.29) is 6.04 Å². The molecular formula is C11H18ClN3. The molecule has 0 spiro atoms. The van der Waals surface area contributed by atoms with Crippen LogP contribution in [0.3, 0.4) is 0 Å². The first-order valence-corrected chi connectivity index (χ1v) is 5.59. The quantitative estimate of drug-likeness (QED) is 0.601. The van der Waals surface area contributed by atoms with Crippen molar-refractivity contribution in [2.75, 3.05) is 0 Å². The Hall–Kier alpha value is -0.640. The van der Waals surface area contributed by atoms with E-state index in [0.717, 1.165) is 18.5 Å². The SMILES string of the molecule is CC(C)CCC(NN)c1ccc(Cl)cn1. The lowest BCUT2D eigenvalue weighted by molar-refractivity contribution is 0.441. The molecule has 0 amide bonds. The third-order valence-electron chi connectivity index (χ3n) is 2.34. The molecule has 0 radical (unpaired) electrons. The van der Waals surface area contributed by atoms with Gasteiger partial charge in [0.05, 0.1) is 16.8 Å². The molecular weight excluding hydrogens is 210 g/mol. The second-order valence-corrected chi connectivity index (χ2v) is 4.53. The predicted octanol–water partition coefficient (Wildman–Crippen LogP) is 2.68. The summed E-state index contributed by atoms with van der Waals surface area (Å²) < 4.78 is 0. The topological polar surface area (TPSA) is 50.9 Å². The van der Waals surface area contributed by atoms with Crippen LogP contribution in [-0.4, -0.2) is 4.98 Å². The van der Waals surface area contributed by atoms with Gasteiger partial charge in [-0.25, -0.2) is 0 Å². The highest BCUT2D eigenvalue weighted by Gasteiger charge is 2.11. The van der Waals surface area contributed by atoms with Crippen LogP contribution < -0.4 is 11.3 Å². The number of hydrogen-bond donors (Lipinski definition) is 2. The zero-order valence-electron chi connectivity index (χ0n) is 9.20. The number of nitrogens with one attached hydrogen (secondary N) is 1. The van der Waals surface area contributed by atoms with Gasteiger partial charge in [-0.2, -0.15) is 0 Å². The molecule has 1 aromatic rings. The number of nitrogens with zero attached hydrogens (tertiary/aromatic N) is 1. The minimum absolute atomic E-state index is 0.115. The van der Waals surface area contributed by atoms with Crippen molar-refractivity contribution in [1.29, 1.82) is 0 Å². The van der Waals surface area contributed by atoms with Gasteiger partial charge in [-0.3, -0.25) is 16.3 Å². The van der Waals surface area contributed by atoms with Gasteiger partial charge in [0.1, 0.15) is 0 Å². The average molecular weight is 228 g/mol. The van der Waals surface area contributed by atoms with Crippen molar-refractivity contribution in [2.24, 2.45) is 11.8 Å². The summed E-state index contributed by atoms with van der Waals surface area (Å²) in [6.45, 7) is 4.39. The van der Waals surface area contributed by atoms with Crippen LogP contribution >= 0.6 is 11.6 Å². The van der Waals surface area contributed by atoms with Gasteiger partial charge in [0.15, 0.2) is 0 Å². The van der Waals surface area contributed by atoms with E-state index in [1.807, 2.05) is 12.1 Å². The van der Waals surface area contributed by atoms with E-state index in [9.17, 15) is 0 Å². The molecule has 0 aliphatic heterocycles. The van der Waals surface area contributed by atoms with Crippen molar-refractivity contribution >= 4 is 11.6 Å². The van der Waals surface area contributed by atoms with E-state index < -0.39 is 0 Å². The molecule has 1 aromatic heterocycles. The highest BCUT2D eigenvalue weighted by atomic mass is 35.5. The maximum Gasteiger partial charge on any atom is 0.0632 e. The zero-order valence-corrected chi connectivity index (χ0v) is 9.96. The van der Waals surface area contributed by atoms with Gasteiger partial charge in [-0.1, -0.05) is 25.4 Å². The van der Waals surface area contributed by atoms with Crippen molar-refractivity contribution in [3.63, 3.8) is 0 Å². The van der Waals surface area contributed by atoms with Gasteiger partial charge in [0.25, 0.3) is 0 Å². The molecule has 1 unspecified atom stereocenters. The lowest BCUT2D eigenvalue weighted by Crippen LogP contribution is -2.28. The van der Waals surface area contributed by atoms with Crippen LogP contribution in [0.2, 0.25) is 5.02 Å². The van der Waals surface area contributed by atoms with Crippen LogP contribution in [0.15, 0.2) is 18.3 Å². The van der Waals surface area contributed by atoms with Crippen LogP contribution in [-0.2, 0) is 0 Å². The number of nitrogens with two attached hydrogens (primary N) is 1. The van der Waals surface area contributed by atoms with Crippen molar-refractivity contribution in [3.05, 3.63) is 29.0 Å². The summed E-state index contributed by atoms with van der Waals surface area (Å²) in [6.07, 6.45) is 3.76. The highest BCUT2D eigenvalue weighted by molar-refractivity contribution is 6.30. The Balaban J connectivity index is 2.61. The first-order valence-electron chi connectivity index (χ1n) is 5.21. The fourth-order valence-electron chi connectivity index (χ4n) is 1.41. The van der Waals surface area contributed by atoms with E-state index in [2.05, 4.69) is 24.3 Å². The monoisotopic (exact) mass is 227 g/mol. The maximum absolute atomic E-state index is 5.77. The molecule has 15 heavy (non-hydrogen) atoms. The minimum Gasteiger partial charge on any atom is -0.271 e. The Kier molecular flexibility index (Phi) is 5.02.